The zero-order valence-corrected chi connectivity index (χ0v) is 16.2. The minimum atomic E-state index is 0.379. The molecule has 1 amide bonds. The maximum absolute atomic E-state index is 10.3. The summed E-state index contributed by atoms with van der Waals surface area (Å²) in [6.45, 7) is 0.731. The molecule has 0 bridgehead atoms. The Labute approximate surface area is 163 Å². The third kappa shape index (κ3) is 4.52. The summed E-state index contributed by atoms with van der Waals surface area (Å²) in [4.78, 5) is 10.3. The molecule has 0 saturated carbocycles. The van der Waals surface area contributed by atoms with Gasteiger partial charge < -0.3 is 5.32 Å². The third-order valence-corrected chi connectivity index (χ3v) is 6.62. The van der Waals surface area contributed by atoms with Crippen LogP contribution in [0.5, 0.6) is 0 Å². The normalized spacial score (nSPS) is 19.3. The van der Waals surface area contributed by atoms with Gasteiger partial charge in [0.1, 0.15) is 0 Å². The molecule has 1 aliphatic rings. The number of hydrogen-bond donors (Lipinski definition) is 1. The highest BCUT2D eigenvalue weighted by molar-refractivity contribution is 7.99. The summed E-state index contributed by atoms with van der Waals surface area (Å²) in [5, 5.41) is 3.95. The molecule has 0 saturated heterocycles. The first-order valence-electron chi connectivity index (χ1n) is 8.49. The third-order valence-electron chi connectivity index (χ3n) is 4.75. The molecule has 0 fully saturated rings. The fraction of sp³-hybridized carbons (Fsp3) is 0.350. The molecule has 0 radical (unpaired) electrons. The number of rotatable bonds is 7. The van der Waals surface area contributed by atoms with Gasteiger partial charge in [-0.15, -0.1) is 0 Å². The number of carbonyl (C=O) groups is 1. The van der Waals surface area contributed by atoms with Crippen LogP contribution in [0.1, 0.15) is 41.4 Å². The fourth-order valence-corrected chi connectivity index (χ4v) is 4.91. The Balaban J connectivity index is 1.76. The van der Waals surface area contributed by atoms with Crippen LogP contribution in [0.25, 0.3) is 0 Å². The predicted molar refractivity (Wildman–Crippen MR) is 108 cm³/mol. The van der Waals surface area contributed by atoms with Crippen LogP contribution in [0.4, 0.5) is 0 Å². The van der Waals surface area contributed by atoms with Crippen molar-refractivity contribution < 1.29 is 4.79 Å². The molecule has 2 aromatic rings. The van der Waals surface area contributed by atoms with Gasteiger partial charge in [0.15, 0.2) is 0 Å². The first kappa shape index (κ1) is 18.6. The Kier molecular flexibility index (Phi) is 6.69. The summed E-state index contributed by atoms with van der Waals surface area (Å²) >= 11 is 14.2. The zero-order chi connectivity index (χ0) is 17.6. The Morgan fingerprint density at radius 2 is 1.88 bits per heavy atom. The number of nitrogens with one attached hydrogen (secondary N) is 1. The highest BCUT2D eigenvalue weighted by Gasteiger charge is 2.28. The van der Waals surface area contributed by atoms with Crippen LogP contribution in [0.15, 0.2) is 42.5 Å². The summed E-state index contributed by atoms with van der Waals surface area (Å²) in [6, 6.07) is 14.7. The van der Waals surface area contributed by atoms with Crippen LogP contribution in [-0.4, -0.2) is 24.5 Å². The van der Waals surface area contributed by atoms with Crippen molar-refractivity contribution in [3.8, 4) is 0 Å². The standard InChI is InChI=1S/C20H21Cl2NOS/c21-19-8-6-14(11-20(19)22)17-7-5-15(12-25-10-9-23-13-24)16-3-1-2-4-18(16)17/h1-4,6,8,11,13,15,17H,5,7,9-10,12H2,(H,23,24)/t15?,17-/m0/s1. The van der Waals surface area contributed by atoms with E-state index in [4.69, 9.17) is 23.2 Å². The Morgan fingerprint density at radius 1 is 1.08 bits per heavy atom. The summed E-state index contributed by atoms with van der Waals surface area (Å²) in [7, 11) is 0. The Hall–Kier alpha value is -1.16. The number of hydrogen-bond acceptors (Lipinski definition) is 2. The molecule has 2 atom stereocenters. The number of amides is 1. The van der Waals surface area contributed by atoms with Crippen molar-refractivity contribution in [3.05, 3.63) is 69.2 Å². The fourth-order valence-electron chi connectivity index (χ4n) is 3.54. The highest BCUT2D eigenvalue weighted by Crippen LogP contribution is 2.44. The Morgan fingerprint density at radius 3 is 2.64 bits per heavy atom. The highest BCUT2D eigenvalue weighted by atomic mass is 35.5. The minimum Gasteiger partial charge on any atom is -0.358 e. The number of halogens is 2. The lowest BCUT2D eigenvalue weighted by Crippen LogP contribution is -2.18. The van der Waals surface area contributed by atoms with Crippen LogP contribution < -0.4 is 5.32 Å². The first-order valence-corrected chi connectivity index (χ1v) is 10.4. The molecule has 132 valence electrons. The molecule has 0 aromatic heterocycles. The molecule has 2 nitrogen and oxygen atoms in total. The van der Waals surface area contributed by atoms with Crippen molar-refractivity contribution in [1.29, 1.82) is 0 Å². The van der Waals surface area contributed by atoms with Crippen molar-refractivity contribution in [2.24, 2.45) is 0 Å². The SMILES string of the molecule is O=CNCCSCC1CC[C@@H](c2ccc(Cl)c(Cl)c2)c2ccccc21. The largest absolute Gasteiger partial charge is 0.358 e. The topological polar surface area (TPSA) is 29.1 Å². The van der Waals surface area contributed by atoms with E-state index in [1.807, 2.05) is 23.9 Å². The van der Waals surface area contributed by atoms with E-state index in [9.17, 15) is 4.79 Å². The second kappa shape index (κ2) is 8.98. The van der Waals surface area contributed by atoms with E-state index in [0.29, 0.717) is 21.9 Å². The van der Waals surface area contributed by atoms with Gasteiger partial charge in [0.2, 0.25) is 6.41 Å². The molecule has 2 aromatic carbocycles. The average Bonchev–Trinajstić information content (AvgIpc) is 2.64. The molecule has 1 N–H and O–H groups in total. The predicted octanol–water partition coefficient (Wildman–Crippen LogP) is 5.48. The lowest BCUT2D eigenvalue weighted by molar-refractivity contribution is -0.109. The number of carbonyl (C=O) groups excluding carboxylic acids is 1. The molecule has 0 aliphatic heterocycles. The second-order valence-electron chi connectivity index (χ2n) is 6.28. The van der Waals surface area contributed by atoms with E-state index in [1.54, 1.807) is 0 Å². The molecule has 1 unspecified atom stereocenters. The summed E-state index contributed by atoms with van der Waals surface area (Å²) in [5.74, 6) is 2.99. The van der Waals surface area contributed by atoms with Gasteiger partial charge in [0.25, 0.3) is 0 Å². The van der Waals surface area contributed by atoms with Crippen LogP contribution >= 0.6 is 35.0 Å². The van der Waals surface area contributed by atoms with Gasteiger partial charge in [-0.25, -0.2) is 0 Å². The first-order chi connectivity index (χ1) is 12.2. The quantitative estimate of drug-likeness (QED) is 0.498. The smallest absolute Gasteiger partial charge is 0.207 e. The number of fused-ring (bicyclic) bond motifs is 1. The van der Waals surface area contributed by atoms with E-state index in [1.165, 1.54) is 16.7 Å². The molecule has 3 rings (SSSR count). The van der Waals surface area contributed by atoms with Crippen molar-refractivity contribution >= 4 is 41.4 Å². The van der Waals surface area contributed by atoms with E-state index >= 15 is 0 Å². The van der Waals surface area contributed by atoms with Gasteiger partial charge in [-0.1, -0.05) is 53.5 Å². The molecular formula is C20H21Cl2NOS. The van der Waals surface area contributed by atoms with Crippen LogP contribution in [-0.2, 0) is 4.79 Å². The molecular weight excluding hydrogens is 373 g/mol. The van der Waals surface area contributed by atoms with Crippen molar-refractivity contribution in [3.63, 3.8) is 0 Å². The van der Waals surface area contributed by atoms with Gasteiger partial charge >= 0.3 is 0 Å². The molecule has 1 aliphatic carbocycles. The van der Waals surface area contributed by atoms with E-state index in [-0.39, 0.29) is 0 Å². The molecule has 0 heterocycles. The zero-order valence-electron chi connectivity index (χ0n) is 13.9. The van der Waals surface area contributed by atoms with Crippen LogP contribution in [0, 0.1) is 0 Å². The summed E-state index contributed by atoms with van der Waals surface area (Å²) < 4.78 is 0. The molecule has 0 spiro atoms. The van der Waals surface area contributed by atoms with E-state index < -0.39 is 0 Å². The molecule has 25 heavy (non-hydrogen) atoms. The maximum atomic E-state index is 10.3. The van der Waals surface area contributed by atoms with Gasteiger partial charge in [-0.3, -0.25) is 4.79 Å². The Bertz CT molecular complexity index is 737. The van der Waals surface area contributed by atoms with E-state index in [0.717, 1.165) is 37.3 Å². The number of benzene rings is 2. The molecule has 5 heteroatoms. The van der Waals surface area contributed by atoms with Crippen molar-refractivity contribution in [1.82, 2.24) is 5.32 Å². The summed E-state index contributed by atoms with van der Waals surface area (Å²) in [5.41, 5.74) is 4.09. The van der Waals surface area contributed by atoms with Crippen molar-refractivity contribution in [2.45, 2.75) is 24.7 Å². The lowest BCUT2D eigenvalue weighted by Gasteiger charge is -2.32. The lowest BCUT2D eigenvalue weighted by atomic mass is 9.74. The average molecular weight is 394 g/mol. The maximum Gasteiger partial charge on any atom is 0.207 e. The van der Waals surface area contributed by atoms with Gasteiger partial charge in [0, 0.05) is 24.0 Å². The van der Waals surface area contributed by atoms with Crippen LogP contribution in [0.2, 0.25) is 10.0 Å². The van der Waals surface area contributed by atoms with Crippen LogP contribution in [0.3, 0.4) is 0 Å². The minimum absolute atomic E-state index is 0.379. The van der Waals surface area contributed by atoms with Gasteiger partial charge in [0.05, 0.1) is 10.0 Å². The van der Waals surface area contributed by atoms with Gasteiger partial charge in [-0.05, 0) is 47.6 Å². The second-order valence-corrected chi connectivity index (χ2v) is 8.24. The summed E-state index contributed by atoms with van der Waals surface area (Å²) in [6.07, 6.45) is 3.04. The van der Waals surface area contributed by atoms with Crippen molar-refractivity contribution in [2.75, 3.05) is 18.1 Å². The number of thioether (sulfide) groups is 1. The van der Waals surface area contributed by atoms with Gasteiger partial charge in [-0.2, -0.15) is 11.8 Å². The monoisotopic (exact) mass is 393 g/mol. The van der Waals surface area contributed by atoms with E-state index in [2.05, 4.69) is 35.6 Å².